The van der Waals surface area contributed by atoms with Gasteiger partial charge >= 0.3 is 12.0 Å². The van der Waals surface area contributed by atoms with E-state index in [1.165, 1.54) is 4.90 Å². The summed E-state index contributed by atoms with van der Waals surface area (Å²) in [5, 5.41) is 2.73. The van der Waals surface area contributed by atoms with Crippen molar-refractivity contribution in [3.8, 4) is 0 Å². The lowest BCUT2D eigenvalue weighted by molar-refractivity contribution is -0.0518. The fourth-order valence-corrected chi connectivity index (χ4v) is 2.19. The molecule has 0 aromatic heterocycles. The van der Waals surface area contributed by atoms with Gasteiger partial charge in [0.2, 0.25) is 0 Å². The number of ether oxygens (including phenoxy) is 3. The van der Waals surface area contributed by atoms with Gasteiger partial charge in [-0.3, -0.25) is 0 Å². The van der Waals surface area contributed by atoms with Crippen LogP contribution in [0.5, 0.6) is 0 Å². The first kappa shape index (κ1) is 18.2. The van der Waals surface area contributed by atoms with E-state index in [2.05, 4.69) is 5.32 Å². The van der Waals surface area contributed by atoms with E-state index < -0.39 is 12.3 Å². The number of urea groups is 1. The van der Waals surface area contributed by atoms with Crippen LogP contribution in [0.25, 0.3) is 0 Å². The summed E-state index contributed by atoms with van der Waals surface area (Å²) in [5.74, 6) is -0.440. The zero-order valence-corrected chi connectivity index (χ0v) is 14.1. The summed E-state index contributed by atoms with van der Waals surface area (Å²) in [4.78, 5) is 25.9. The highest BCUT2D eigenvalue weighted by Crippen LogP contribution is 2.17. The van der Waals surface area contributed by atoms with Crippen molar-refractivity contribution in [2.45, 2.75) is 26.1 Å². The molecule has 1 heterocycles. The van der Waals surface area contributed by atoms with Crippen molar-refractivity contribution >= 4 is 17.7 Å². The van der Waals surface area contributed by atoms with Gasteiger partial charge in [0.05, 0.1) is 37.6 Å². The standard InChI is InChI=1S/C17H24N2O5/c1-3-4-9-24-16(20)13-7-5-6-8-14(13)18-17(21)19(2)12-15-22-10-11-23-15/h5-8,15H,3-4,9-12H2,1-2H3,(H,18,21). The zero-order chi connectivity index (χ0) is 17.4. The van der Waals surface area contributed by atoms with Gasteiger partial charge in [-0.05, 0) is 18.6 Å². The van der Waals surface area contributed by atoms with Crippen LogP contribution in [0.3, 0.4) is 0 Å². The number of unbranched alkanes of at least 4 members (excludes halogenated alkanes) is 1. The van der Waals surface area contributed by atoms with E-state index >= 15 is 0 Å². The van der Waals surface area contributed by atoms with Gasteiger partial charge in [-0.15, -0.1) is 0 Å². The van der Waals surface area contributed by atoms with Crippen LogP contribution >= 0.6 is 0 Å². The number of hydrogen-bond donors (Lipinski definition) is 1. The van der Waals surface area contributed by atoms with E-state index in [-0.39, 0.29) is 6.03 Å². The molecule has 1 fully saturated rings. The summed E-state index contributed by atoms with van der Waals surface area (Å²) < 4.78 is 15.9. The first-order chi connectivity index (χ1) is 11.6. The molecule has 7 heteroatoms. The predicted molar refractivity (Wildman–Crippen MR) is 89.0 cm³/mol. The Morgan fingerprint density at radius 1 is 1.29 bits per heavy atom. The van der Waals surface area contributed by atoms with E-state index in [1.807, 2.05) is 6.92 Å². The molecule has 1 saturated heterocycles. The molecule has 0 atom stereocenters. The third kappa shape index (κ3) is 5.21. The molecule has 0 aliphatic carbocycles. The number of para-hydroxylation sites is 1. The molecule has 2 amide bonds. The Labute approximate surface area is 141 Å². The van der Waals surface area contributed by atoms with Crippen LogP contribution in [-0.4, -0.2) is 56.6 Å². The number of rotatable bonds is 7. The minimum atomic E-state index is -0.440. The third-order valence-electron chi connectivity index (χ3n) is 3.58. The predicted octanol–water partition coefficient (Wildman–Crippen LogP) is 2.48. The molecule has 1 aromatic rings. The van der Waals surface area contributed by atoms with Crippen molar-refractivity contribution in [3.05, 3.63) is 29.8 Å². The second kappa shape index (κ2) is 9.24. The van der Waals surface area contributed by atoms with Crippen LogP contribution in [-0.2, 0) is 14.2 Å². The first-order valence-electron chi connectivity index (χ1n) is 8.13. The van der Waals surface area contributed by atoms with Gasteiger partial charge in [0, 0.05) is 7.05 Å². The van der Waals surface area contributed by atoms with Crippen molar-refractivity contribution in [1.82, 2.24) is 4.90 Å². The Hall–Kier alpha value is -2.12. The fourth-order valence-electron chi connectivity index (χ4n) is 2.19. The normalized spacial score (nSPS) is 14.4. The number of nitrogens with one attached hydrogen (secondary N) is 1. The molecular weight excluding hydrogens is 312 g/mol. The monoisotopic (exact) mass is 336 g/mol. The quantitative estimate of drug-likeness (QED) is 0.611. The molecule has 24 heavy (non-hydrogen) atoms. The largest absolute Gasteiger partial charge is 0.462 e. The van der Waals surface area contributed by atoms with Crippen LogP contribution in [0.2, 0.25) is 0 Å². The van der Waals surface area contributed by atoms with Gasteiger partial charge in [0.15, 0.2) is 6.29 Å². The number of carbonyl (C=O) groups excluding carboxylic acids is 2. The molecule has 0 radical (unpaired) electrons. The lowest BCUT2D eigenvalue weighted by atomic mass is 10.2. The molecule has 1 aliphatic rings. The van der Waals surface area contributed by atoms with Crippen molar-refractivity contribution in [2.24, 2.45) is 0 Å². The summed E-state index contributed by atoms with van der Waals surface area (Å²) in [6, 6.07) is 6.44. The zero-order valence-electron chi connectivity index (χ0n) is 14.1. The maximum absolute atomic E-state index is 12.3. The summed E-state index contributed by atoms with van der Waals surface area (Å²) in [6.07, 6.45) is 1.35. The molecule has 1 aromatic carbocycles. The molecule has 2 rings (SSSR count). The van der Waals surface area contributed by atoms with Gasteiger partial charge in [0.1, 0.15) is 0 Å². The Balaban J connectivity index is 1.95. The second-order valence-electron chi connectivity index (χ2n) is 5.52. The van der Waals surface area contributed by atoms with Gasteiger partial charge in [0.25, 0.3) is 0 Å². The van der Waals surface area contributed by atoms with Crippen molar-refractivity contribution < 1.29 is 23.8 Å². The smallest absolute Gasteiger partial charge is 0.340 e. The molecule has 1 N–H and O–H groups in total. The van der Waals surface area contributed by atoms with Crippen molar-refractivity contribution in [3.63, 3.8) is 0 Å². The lowest BCUT2D eigenvalue weighted by Gasteiger charge is -2.21. The highest BCUT2D eigenvalue weighted by atomic mass is 16.7. The number of nitrogens with zero attached hydrogens (tertiary/aromatic N) is 1. The number of hydrogen-bond acceptors (Lipinski definition) is 5. The van der Waals surface area contributed by atoms with Crippen LogP contribution in [0.1, 0.15) is 30.1 Å². The minimum absolute atomic E-state index is 0.314. The number of amides is 2. The van der Waals surface area contributed by atoms with Crippen LogP contribution in [0, 0.1) is 0 Å². The molecule has 1 aliphatic heterocycles. The van der Waals surface area contributed by atoms with Gasteiger partial charge < -0.3 is 24.4 Å². The van der Waals surface area contributed by atoms with E-state index in [4.69, 9.17) is 14.2 Å². The number of esters is 1. The molecule has 0 unspecified atom stereocenters. The van der Waals surface area contributed by atoms with Crippen molar-refractivity contribution in [2.75, 3.05) is 38.7 Å². The molecular formula is C17H24N2O5. The maximum Gasteiger partial charge on any atom is 0.340 e. The minimum Gasteiger partial charge on any atom is -0.462 e. The highest BCUT2D eigenvalue weighted by Gasteiger charge is 2.22. The molecule has 7 nitrogen and oxygen atoms in total. The Morgan fingerprint density at radius 2 is 2.00 bits per heavy atom. The molecule has 0 saturated carbocycles. The second-order valence-corrected chi connectivity index (χ2v) is 5.52. The summed E-state index contributed by atoms with van der Waals surface area (Å²) in [7, 11) is 1.64. The molecule has 0 bridgehead atoms. The van der Waals surface area contributed by atoms with Gasteiger partial charge in [-0.2, -0.15) is 0 Å². The van der Waals surface area contributed by atoms with Crippen LogP contribution in [0.15, 0.2) is 24.3 Å². The van der Waals surface area contributed by atoms with E-state index in [0.717, 1.165) is 12.8 Å². The van der Waals surface area contributed by atoms with E-state index in [9.17, 15) is 9.59 Å². The number of likely N-dealkylation sites (N-methyl/N-ethyl adjacent to an activating group) is 1. The maximum atomic E-state index is 12.3. The van der Waals surface area contributed by atoms with Gasteiger partial charge in [-0.25, -0.2) is 9.59 Å². The van der Waals surface area contributed by atoms with Crippen LogP contribution < -0.4 is 5.32 Å². The average Bonchev–Trinajstić information content (AvgIpc) is 3.08. The van der Waals surface area contributed by atoms with Crippen molar-refractivity contribution in [1.29, 1.82) is 0 Å². The number of benzene rings is 1. The third-order valence-corrected chi connectivity index (χ3v) is 3.58. The topological polar surface area (TPSA) is 77.1 Å². The molecule has 0 spiro atoms. The highest BCUT2D eigenvalue weighted by molar-refractivity contribution is 6.00. The SMILES string of the molecule is CCCCOC(=O)c1ccccc1NC(=O)N(C)CC1OCCO1. The Morgan fingerprint density at radius 3 is 2.71 bits per heavy atom. The first-order valence-corrected chi connectivity index (χ1v) is 8.13. The summed E-state index contributed by atoms with van der Waals surface area (Å²) in [5.41, 5.74) is 0.757. The summed E-state index contributed by atoms with van der Waals surface area (Å²) >= 11 is 0. The Bertz CT molecular complexity index is 558. The molecule has 132 valence electrons. The number of anilines is 1. The van der Waals surface area contributed by atoms with E-state index in [1.54, 1.807) is 31.3 Å². The number of carbonyl (C=O) groups is 2. The summed E-state index contributed by atoms with van der Waals surface area (Å²) in [6.45, 7) is 3.78. The van der Waals surface area contributed by atoms with Gasteiger partial charge in [-0.1, -0.05) is 25.5 Å². The Kier molecular flexibility index (Phi) is 7.02. The van der Waals surface area contributed by atoms with Crippen LogP contribution in [0.4, 0.5) is 10.5 Å². The lowest BCUT2D eigenvalue weighted by Crippen LogP contribution is -2.37. The average molecular weight is 336 g/mol. The van der Waals surface area contributed by atoms with E-state index in [0.29, 0.717) is 37.6 Å². The fraction of sp³-hybridized carbons (Fsp3) is 0.529.